The number of rotatable bonds is 4. The molecule has 0 heterocycles. The first kappa shape index (κ1) is 15.7. The molecule has 5 nitrogen and oxygen atoms in total. The Bertz CT molecular complexity index is 763. The van der Waals surface area contributed by atoms with Crippen LogP contribution in [0.3, 0.4) is 0 Å². The second-order valence-corrected chi connectivity index (χ2v) is 7.15. The highest BCUT2D eigenvalue weighted by atomic mass is 79.9. The lowest BCUT2D eigenvalue weighted by Crippen LogP contribution is -2.27. The summed E-state index contributed by atoms with van der Waals surface area (Å²) in [5, 5.41) is 0. The quantitative estimate of drug-likeness (QED) is 0.839. The Hall–Kier alpha value is -1.73. The molecule has 0 bridgehead atoms. The molecule has 0 radical (unpaired) electrons. The minimum Gasteiger partial charge on any atom is -0.495 e. The Kier molecular flexibility index (Phi) is 4.43. The van der Waals surface area contributed by atoms with E-state index in [0.717, 1.165) is 0 Å². The van der Waals surface area contributed by atoms with Gasteiger partial charge in [0.15, 0.2) is 0 Å². The van der Waals surface area contributed by atoms with Crippen LogP contribution in [0, 0.1) is 0 Å². The van der Waals surface area contributed by atoms with Crippen molar-refractivity contribution < 1.29 is 13.2 Å². The van der Waals surface area contributed by atoms with Gasteiger partial charge in [-0.1, -0.05) is 12.1 Å². The zero-order valence-corrected chi connectivity index (χ0v) is 14.0. The molecule has 2 aromatic carbocycles. The summed E-state index contributed by atoms with van der Waals surface area (Å²) in [6.07, 6.45) is 0. The standard InChI is InChI=1S/C14H15BrN2O3S/c1-17(13-5-3-4-6-14(13)20-2)21(18,19)10-7-8-11(15)12(16)9-10/h3-9H,16H2,1-2H3. The molecule has 2 N–H and O–H groups in total. The van der Waals surface area contributed by atoms with Crippen LogP contribution in [-0.2, 0) is 10.0 Å². The van der Waals surface area contributed by atoms with E-state index < -0.39 is 10.0 Å². The third kappa shape index (κ3) is 2.98. The Morgan fingerprint density at radius 3 is 2.48 bits per heavy atom. The molecule has 2 rings (SSSR count). The SMILES string of the molecule is COc1ccccc1N(C)S(=O)(=O)c1ccc(Br)c(N)c1. The van der Waals surface area contributed by atoms with E-state index in [1.165, 1.54) is 30.6 Å². The maximum atomic E-state index is 12.7. The zero-order chi connectivity index (χ0) is 15.6. The van der Waals surface area contributed by atoms with Gasteiger partial charge in [-0.25, -0.2) is 8.42 Å². The van der Waals surface area contributed by atoms with Crippen molar-refractivity contribution in [1.29, 1.82) is 0 Å². The van der Waals surface area contributed by atoms with Gasteiger partial charge in [0.1, 0.15) is 5.75 Å². The van der Waals surface area contributed by atoms with Crippen molar-refractivity contribution in [3.8, 4) is 5.75 Å². The summed E-state index contributed by atoms with van der Waals surface area (Å²) < 4.78 is 32.4. The fraction of sp³-hybridized carbons (Fsp3) is 0.143. The van der Waals surface area contributed by atoms with Crippen LogP contribution in [-0.4, -0.2) is 22.6 Å². The van der Waals surface area contributed by atoms with Crippen molar-refractivity contribution in [2.75, 3.05) is 24.2 Å². The Morgan fingerprint density at radius 2 is 1.86 bits per heavy atom. The number of hydrogen-bond acceptors (Lipinski definition) is 4. The Morgan fingerprint density at radius 1 is 1.19 bits per heavy atom. The van der Waals surface area contributed by atoms with Crippen molar-refractivity contribution >= 4 is 37.3 Å². The van der Waals surface area contributed by atoms with Crippen molar-refractivity contribution in [2.24, 2.45) is 0 Å². The molecular weight excluding hydrogens is 356 g/mol. The van der Waals surface area contributed by atoms with Crippen LogP contribution in [0.1, 0.15) is 0 Å². The molecule has 0 aliphatic heterocycles. The maximum Gasteiger partial charge on any atom is 0.264 e. The molecule has 0 saturated carbocycles. The van der Waals surface area contributed by atoms with Gasteiger partial charge in [-0.2, -0.15) is 0 Å². The molecule has 0 saturated heterocycles. The fourth-order valence-corrected chi connectivity index (χ4v) is 3.35. The lowest BCUT2D eigenvalue weighted by Gasteiger charge is -2.21. The molecule has 112 valence electrons. The number of para-hydroxylation sites is 2. The second-order valence-electron chi connectivity index (χ2n) is 4.33. The molecule has 21 heavy (non-hydrogen) atoms. The summed E-state index contributed by atoms with van der Waals surface area (Å²) in [5.41, 5.74) is 6.58. The molecule has 7 heteroatoms. The summed E-state index contributed by atoms with van der Waals surface area (Å²) in [6.45, 7) is 0. The zero-order valence-electron chi connectivity index (χ0n) is 11.6. The highest BCUT2D eigenvalue weighted by Gasteiger charge is 2.24. The largest absolute Gasteiger partial charge is 0.495 e. The van der Waals surface area contributed by atoms with Crippen molar-refractivity contribution in [2.45, 2.75) is 4.90 Å². The highest BCUT2D eigenvalue weighted by Crippen LogP contribution is 2.32. The number of nitrogens with zero attached hydrogens (tertiary/aromatic N) is 1. The number of nitrogens with two attached hydrogens (primary N) is 1. The van der Waals surface area contributed by atoms with Gasteiger partial charge in [0.25, 0.3) is 10.0 Å². The summed E-state index contributed by atoms with van der Waals surface area (Å²) in [7, 11) is -0.737. The lowest BCUT2D eigenvalue weighted by atomic mass is 10.3. The van der Waals surface area contributed by atoms with Gasteiger partial charge in [0.2, 0.25) is 0 Å². The van der Waals surface area contributed by atoms with E-state index in [2.05, 4.69) is 15.9 Å². The molecule has 0 aliphatic rings. The number of halogens is 1. The Balaban J connectivity index is 2.50. The number of benzene rings is 2. The number of nitrogen functional groups attached to an aromatic ring is 1. The van der Waals surface area contributed by atoms with Gasteiger partial charge in [0, 0.05) is 17.2 Å². The highest BCUT2D eigenvalue weighted by molar-refractivity contribution is 9.10. The van der Waals surface area contributed by atoms with Crippen LogP contribution in [0.15, 0.2) is 51.8 Å². The predicted octanol–water partition coefficient (Wildman–Crippen LogP) is 2.87. The van der Waals surface area contributed by atoms with Gasteiger partial charge in [0.05, 0.1) is 17.7 Å². The third-order valence-corrected chi connectivity index (χ3v) is 5.54. The van der Waals surface area contributed by atoms with Gasteiger partial charge < -0.3 is 10.5 Å². The molecular formula is C14H15BrN2O3S. The summed E-state index contributed by atoms with van der Waals surface area (Å²) in [5.74, 6) is 0.480. The molecule has 2 aromatic rings. The number of anilines is 2. The van der Waals surface area contributed by atoms with E-state index in [1.54, 1.807) is 30.3 Å². The second kappa shape index (κ2) is 5.95. The number of ether oxygens (including phenoxy) is 1. The van der Waals surface area contributed by atoms with E-state index in [4.69, 9.17) is 10.5 Å². The van der Waals surface area contributed by atoms with Crippen LogP contribution in [0.4, 0.5) is 11.4 Å². The van der Waals surface area contributed by atoms with E-state index in [0.29, 0.717) is 21.6 Å². The van der Waals surface area contributed by atoms with Gasteiger partial charge >= 0.3 is 0 Å². The van der Waals surface area contributed by atoms with Crippen LogP contribution in [0.25, 0.3) is 0 Å². The first-order valence-electron chi connectivity index (χ1n) is 6.05. The van der Waals surface area contributed by atoms with Crippen LogP contribution < -0.4 is 14.8 Å². The molecule has 0 unspecified atom stereocenters. The average Bonchev–Trinajstić information content (AvgIpc) is 2.49. The molecule has 0 atom stereocenters. The van der Waals surface area contributed by atoms with Gasteiger partial charge in [-0.15, -0.1) is 0 Å². The minimum absolute atomic E-state index is 0.122. The average molecular weight is 371 g/mol. The van der Waals surface area contributed by atoms with Crippen molar-refractivity contribution in [3.05, 3.63) is 46.9 Å². The van der Waals surface area contributed by atoms with Crippen molar-refractivity contribution in [1.82, 2.24) is 0 Å². The minimum atomic E-state index is -3.71. The summed E-state index contributed by atoms with van der Waals surface area (Å²) in [4.78, 5) is 0.122. The lowest BCUT2D eigenvalue weighted by molar-refractivity contribution is 0.416. The number of sulfonamides is 1. The number of methoxy groups -OCH3 is 1. The van der Waals surface area contributed by atoms with Crippen molar-refractivity contribution in [3.63, 3.8) is 0 Å². The topological polar surface area (TPSA) is 72.6 Å². The van der Waals surface area contributed by atoms with E-state index >= 15 is 0 Å². The third-order valence-electron chi connectivity index (χ3n) is 3.05. The van der Waals surface area contributed by atoms with Crippen LogP contribution in [0.2, 0.25) is 0 Å². The molecule has 0 fully saturated rings. The summed E-state index contributed by atoms with van der Waals surface area (Å²) in [6, 6.07) is 11.4. The van der Waals surface area contributed by atoms with Crippen LogP contribution in [0.5, 0.6) is 5.75 Å². The molecule has 0 amide bonds. The predicted molar refractivity (Wildman–Crippen MR) is 87.1 cm³/mol. The normalized spacial score (nSPS) is 11.2. The van der Waals surface area contributed by atoms with E-state index in [-0.39, 0.29) is 4.90 Å². The molecule has 0 aromatic heterocycles. The Labute approximate surface area is 132 Å². The molecule has 0 aliphatic carbocycles. The first-order valence-corrected chi connectivity index (χ1v) is 8.28. The van der Waals surface area contributed by atoms with Gasteiger partial charge in [-0.3, -0.25) is 4.31 Å². The number of hydrogen-bond donors (Lipinski definition) is 1. The monoisotopic (exact) mass is 370 g/mol. The van der Waals surface area contributed by atoms with E-state index in [1.807, 2.05) is 0 Å². The smallest absolute Gasteiger partial charge is 0.264 e. The van der Waals surface area contributed by atoms with Crippen LogP contribution >= 0.6 is 15.9 Å². The first-order chi connectivity index (χ1) is 9.87. The fourth-order valence-electron chi connectivity index (χ4n) is 1.86. The van der Waals surface area contributed by atoms with E-state index in [9.17, 15) is 8.42 Å². The summed E-state index contributed by atoms with van der Waals surface area (Å²) >= 11 is 3.25. The van der Waals surface area contributed by atoms with Gasteiger partial charge in [-0.05, 0) is 46.3 Å². The molecule has 0 spiro atoms. The maximum absolute atomic E-state index is 12.7.